The van der Waals surface area contributed by atoms with Crippen molar-refractivity contribution in [3.63, 3.8) is 0 Å². The summed E-state index contributed by atoms with van der Waals surface area (Å²) in [5.74, 6) is 0.185. The molecule has 0 radical (unpaired) electrons. The summed E-state index contributed by atoms with van der Waals surface area (Å²) in [5.41, 5.74) is 2.89. The van der Waals surface area contributed by atoms with E-state index in [1.165, 1.54) is 32.8 Å². The number of hydrogen-bond donors (Lipinski definition) is 0. The van der Waals surface area contributed by atoms with Crippen LogP contribution in [0.15, 0.2) is 34.8 Å². The molecule has 5 rings (SSSR count). The first-order chi connectivity index (χ1) is 15.1. The van der Waals surface area contributed by atoms with E-state index in [2.05, 4.69) is 15.9 Å². The third kappa shape index (κ3) is 3.95. The van der Waals surface area contributed by atoms with Crippen LogP contribution >= 0.6 is 15.9 Å². The second-order valence-electron chi connectivity index (χ2n) is 8.46. The quantitative estimate of drug-likeness (QED) is 0.411. The van der Waals surface area contributed by atoms with Gasteiger partial charge in [-0.2, -0.15) is 0 Å². The molecule has 2 fully saturated rings. The van der Waals surface area contributed by atoms with Crippen LogP contribution in [0.2, 0.25) is 0 Å². The maximum absolute atomic E-state index is 12.5. The number of fused-ring (bicyclic) bond motifs is 1. The lowest BCUT2D eigenvalue weighted by atomic mass is 9.95. The number of benzene rings is 1. The van der Waals surface area contributed by atoms with Gasteiger partial charge in [-0.25, -0.2) is 14.5 Å². The molecular weight excluding hydrogens is 458 g/mol. The van der Waals surface area contributed by atoms with Crippen LogP contribution < -0.4 is 4.74 Å². The van der Waals surface area contributed by atoms with E-state index >= 15 is 0 Å². The number of hydrogen-bond acceptors (Lipinski definition) is 5. The van der Waals surface area contributed by atoms with E-state index in [4.69, 9.17) is 19.6 Å². The van der Waals surface area contributed by atoms with Crippen LogP contribution in [0.1, 0.15) is 67.9 Å². The largest absolute Gasteiger partial charge is 0.473 e. The van der Waals surface area contributed by atoms with Crippen LogP contribution in [0.3, 0.4) is 0 Å². The molecule has 31 heavy (non-hydrogen) atoms. The zero-order valence-corrected chi connectivity index (χ0v) is 19.2. The van der Waals surface area contributed by atoms with Crippen molar-refractivity contribution in [1.82, 2.24) is 14.8 Å². The molecule has 2 aliphatic rings. The van der Waals surface area contributed by atoms with E-state index in [1.54, 1.807) is 6.07 Å². The van der Waals surface area contributed by atoms with Gasteiger partial charge >= 0.3 is 5.97 Å². The minimum Gasteiger partial charge on any atom is -0.473 e. The molecule has 7 heteroatoms. The highest BCUT2D eigenvalue weighted by Crippen LogP contribution is 2.40. The van der Waals surface area contributed by atoms with Gasteiger partial charge in [-0.05, 0) is 55.9 Å². The predicted octanol–water partition coefficient (Wildman–Crippen LogP) is 6.08. The van der Waals surface area contributed by atoms with E-state index in [0.29, 0.717) is 17.2 Å². The van der Waals surface area contributed by atoms with Gasteiger partial charge in [0, 0.05) is 10.0 Å². The first-order valence-electron chi connectivity index (χ1n) is 11.1. The molecule has 0 amide bonds. The Balaban J connectivity index is 1.74. The number of carbonyl (C=O) groups is 1. The minimum absolute atomic E-state index is 0.205. The molecule has 6 nitrogen and oxygen atoms in total. The smallest absolute Gasteiger partial charge is 0.356 e. The fraction of sp³-hybridized carbons (Fsp3) is 0.458. The Bertz CT molecular complexity index is 1100. The van der Waals surface area contributed by atoms with Crippen LogP contribution in [-0.4, -0.2) is 33.9 Å². The summed E-state index contributed by atoms with van der Waals surface area (Å²) in [6.07, 6.45) is 9.26. The molecule has 2 saturated carbocycles. The normalized spacial score (nSPS) is 17.5. The SMILES string of the molecule is COC(=O)c1cc(-c2ccc(Br)cc2)c2c(OC3CCC3)nn(C3CCCCC3)c2n1. The Labute approximate surface area is 190 Å². The fourth-order valence-corrected chi connectivity index (χ4v) is 4.74. The zero-order chi connectivity index (χ0) is 21.4. The van der Waals surface area contributed by atoms with Crippen LogP contribution in [0, 0.1) is 0 Å². The highest BCUT2D eigenvalue weighted by Gasteiger charge is 2.29. The summed E-state index contributed by atoms with van der Waals surface area (Å²) >= 11 is 3.51. The first-order valence-corrected chi connectivity index (χ1v) is 11.9. The van der Waals surface area contributed by atoms with Crippen molar-refractivity contribution in [3.8, 4) is 17.0 Å². The molecule has 1 aromatic carbocycles. The number of rotatable bonds is 5. The lowest BCUT2D eigenvalue weighted by Crippen LogP contribution is -2.25. The Morgan fingerprint density at radius 2 is 1.81 bits per heavy atom. The fourth-order valence-electron chi connectivity index (χ4n) is 4.48. The third-order valence-corrected chi connectivity index (χ3v) is 6.96. The molecule has 2 aliphatic carbocycles. The predicted molar refractivity (Wildman–Crippen MR) is 122 cm³/mol. The van der Waals surface area contributed by atoms with Crippen LogP contribution in [0.25, 0.3) is 22.2 Å². The summed E-state index contributed by atoms with van der Waals surface area (Å²) in [6, 6.07) is 10.1. The highest BCUT2D eigenvalue weighted by molar-refractivity contribution is 9.10. The monoisotopic (exact) mass is 483 g/mol. The van der Waals surface area contributed by atoms with Crippen molar-refractivity contribution in [2.75, 3.05) is 7.11 Å². The lowest BCUT2D eigenvalue weighted by Gasteiger charge is -2.25. The minimum atomic E-state index is -0.446. The van der Waals surface area contributed by atoms with Gasteiger partial charge < -0.3 is 9.47 Å². The van der Waals surface area contributed by atoms with Crippen molar-refractivity contribution >= 4 is 32.9 Å². The second kappa shape index (κ2) is 8.61. The first kappa shape index (κ1) is 20.5. The van der Waals surface area contributed by atoms with Gasteiger partial charge in [0.05, 0.1) is 18.5 Å². The van der Waals surface area contributed by atoms with Gasteiger partial charge in [-0.1, -0.05) is 47.3 Å². The van der Waals surface area contributed by atoms with Gasteiger partial charge in [0.1, 0.15) is 6.10 Å². The van der Waals surface area contributed by atoms with Crippen molar-refractivity contribution in [2.45, 2.75) is 63.5 Å². The van der Waals surface area contributed by atoms with Gasteiger partial charge in [0.25, 0.3) is 0 Å². The van der Waals surface area contributed by atoms with Crippen LogP contribution in [-0.2, 0) is 4.74 Å². The second-order valence-corrected chi connectivity index (χ2v) is 9.38. The number of aromatic nitrogens is 3. The third-order valence-electron chi connectivity index (χ3n) is 6.43. The van der Waals surface area contributed by atoms with E-state index in [0.717, 1.165) is 46.7 Å². The molecular formula is C24H26BrN3O3. The van der Waals surface area contributed by atoms with Crippen molar-refractivity contribution in [3.05, 3.63) is 40.5 Å². The van der Waals surface area contributed by atoms with E-state index < -0.39 is 5.97 Å². The summed E-state index contributed by atoms with van der Waals surface area (Å²) in [4.78, 5) is 17.2. The Hall–Kier alpha value is -2.41. The number of carbonyl (C=O) groups excluding carboxylic acids is 1. The number of halogens is 1. The van der Waals surface area contributed by atoms with Gasteiger partial charge in [0.15, 0.2) is 11.3 Å². The van der Waals surface area contributed by atoms with Crippen molar-refractivity contribution in [1.29, 1.82) is 0 Å². The van der Waals surface area contributed by atoms with Crippen LogP contribution in [0.5, 0.6) is 5.88 Å². The number of pyridine rings is 1. The van der Waals surface area contributed by atoms with Crippen LogP contribution in [0.4, 0.5) is 0 Å². The number of methoxy groups -OCH3 is 1. The maximum Gasteiger partial charge on any atom is 0.356 e. The topological polar surface area (TPSA) is 66.2 Å². The molecule has 2 heterocycles. The van der Waals surface area contributed by atoms with E-state index in [9.17, 15) is 4.79 Å². The van der Waals surface area contributed by atoms with E-state index in [-0.39, 0.29) is 12.1 Å². The molecule has 0 saturated heterocycles. The Morgan fingerprint density at radius 3 is 2.45 bits per heavy atom. The standard InChI is InChI=1S/C24H26BrN3O3/c1-30-24(29)20-14-19(15-10-12-16(25)13-11-15)21-22(26-20)28(17-6-3-2-4-7-17)27-23(21)31-18-8-5-9-18/h10-14,17-18H,2-9H2,1H3. The Morgan fingerprint density at radius 1 is 1.06 bits per heavy atom. The van der Waals surface area contributed by atoms with Crippen molar-refractivity contribution < 1.29 is 14.3 Å². The number of ether oxygens (including phenoxy) is 2. The zero-order valence-electron chi connectivity index (χ0n) is 17.6. The van der Waals surface area contributed by atoms with Gasteiger partial charge in [-0.15, -0.1) is 5.10 Å². The molecule has 0 aliphatic heterocycles. The molecule has 0 bridgehead atoms. The average molecular weight is 484 g/mol. The lowest BCUT2D eigenvalue weighted by molar-refractivity contribution is 0.0594. The maximum atomic E-state index is 12.5. The Kier molecular flexibility index (Phi) is 5.69. The molecule has 162 valence electrons. The summed E-state index contributed by atoms with van der Waals surface area (Å²) < 4.78 is 14.4. The van der Waals surface area contributed by atoms with Gasteiger partial charge in [0.2, 0.25) is 5.88 Å². The van der Waals surface area contributed by atoms with E-state index in [1.807, 2.05) is 28.9 Å². The highest BCUT2D eigenvalue weighted by atomic mass is 79.9. The molecule has 2 aromatic heterocycles. The van der Waals surface area contributed by atoms with Gasteiger partial charge in [-0.3, -0.25) is 0 Å². The van der Waals surface area contributed by atoms with Crippen molar-refractivity contribution in [2.24, 2.45) is 0 Å². The summed E-state index contributed by atoms with van der Waals surface area (Å²) in [6.45, 7) is 0. The average Bonchev–Trinajstić information content (AvgIpc) is 3.15. The molecule has 0 atom stereocenters. The molecule has 3 aromatic rings. The summed E-state index contributed by atoms with van der Waals surface area (Å²) in [5, 5.41) is 5.82. The molecule has 0 unspecified atom stereocenters. The summed E-state index contributed by atoms with van der Waals surface area (Å²) in [7, 11) is 1.39. The number of esters is 1. The number of nitrogens with zero attached hydrogens (tertiary/aromatic N) is 3. The molecule has 0 N–H and O–H groups in total. The molecule has 0 spiro atoms.